The monoisotopic (exact) mass is 259 g/mol. The van der Waals surface area contributed by atoms with Gasteiger partial charge in [-0.1, -0.05) is 23.7 Å². The Morgan fingerprint density at radius 2 is 1.83 bits per heavy atom. The average molecular weight is 260 g/mol. The molecule has 2 rings (SSSR count). The van der Waals surface area contributed by atoms with Crippen LogP contribution in [0.1, 0.15) is 10.4 Å². The van der Waals surface area contributed by atoms with Crippen LogP contribution in [-0.2, 0) is 0 Å². The summed E-state index contributed by atoms with van der Waals surface area (Å²) in [4.78, 5) is 11.3. The number of halogens is 1. The number of Topliss-reactive ketones (excluding diaryl/α,β-unsaturated/α-hetero) is 1. The summed E-state index contributed by atoms with van der Waals surface area (Å²) in [7, 11) is 0. The molecule has 2 aromatic carbocycles. The molecule has 18 heavy (non-hydrogen) atoms. The average Bonchev–Trinajstić information content (AvgIpc) is 2.41. The van der Waals surface area contributed by atoms with E-state index in [-0.39, 0.29) is 5.78 Å². The topological polar surface area (TPSA) is 50.2 Å². The lowest BCUT2D eigenvalue weighted by Gasteiger charge is -2.06. The zero-order valence-corrected chi connectivity index (χ0v) is 10.1. The summed E-state index contributed by atoms with van der Waals surface area (Å²) >= 11 is 5.78. The largest absolute Gasteiger partial charge is 0.457 e. The minimum atomic E-state index is -0.350. The third kappa shape index (κ3) is 2.96. The predicted octanol–water partition coefficient (Wildman–Crippen LogP) is 3.96. The van der Waals surface area contributed by atoms with Crippen LogP contribution < -0.4 is 4.74 Å². The molecular formula is C14H10ClNO2. The van der Waals surface area contributed by atoms with Crippen molar-refractivity contribution in [2.45, 2.75) is 0 Å². The highest BCUT2D eigenvalue weighted by Gasteiger charge is 2.04. The van der Waals surface area contributed by atoms with Crippen LogP contribution in [0.15, 0.2) is 48.5 Å². The van der Waals surface area contributed by atoms with Gasteiger partial charge >= 0.3 is 0 Å². The summed E-state index contributed by atoms with van der Waals surface area (Å²) in [6.45, 7) is 0. The van der Waals surface area contributed by atoms with E-state index in [1.807, 2.05) is 0 Å². The maximum Gasteiger partial charge on any atom is 0.203 e. The number of hydrogen-bond donors (Lipinski definition) is 1. The van der Waals surface area contributed by atoms with Gasteiger partial charge in [-0.3, -0.25) is 4.79 Å². The fraction of sp³-hybridized carbons (Fsp3) is 0. The van der Waals surface area contributed by atoms with Gasteiger partial charge in [-0.25, -0.2) is 0 Å². The van der Waals surface area contributed by atoms with E-state index < -0.39 is 0 Å². The van der Waals surface area contributed by atoms with E-state index in [9.17, 15) is 4.79 Å². The molecule has 0 spiro atoms. The van der Waals surface area contributed by atoms with E-state index >= 15 is 0 Å². The van der Waals surface area contributed by atoms with Gasteiger partial charge < -0.3 is 10.1 Å². The molecule has 0 aromatic heterocycles. The number of rotatable bonds is 4. The second-order valence-electron chi connectivity index (χ2n) is 3.59. The van der Waals surface area contributed by atoms with Crippen LogP contribution in [0.4, 0.5) is 0 Å². The Morgan fingerprint density at radius 1 is 1.11 bits per heavy atom. The summed E-state index contributed by atoms with van der Waals surface area (Å²) in [5, 5.41) is 7.57. The van der Waals surface area contributed by atoms with Crippen LogP contribution in [0.2, 0.25) is 5.02 Å². The van der Waals surface area contributed by atoms with Crippen LogP contribution in [0.5, 0.6) is 11.5 Å². The molecule has 0 bridgehead atoms. The van der Waals surface area contributed by atoms with Gasteiger partial charge in [0.1, 0.15) is 11.5 Å². The lowest BCUT2D eigenvalue weighted by atomic mass is 10.1. The highest BCUT2D eigenvalue weighted by atomic mass is 35.5. The number of carbonyl (C=O) groups excluding carboxylic acids is 1. The molecule has 90 valence electrons. The van der Waals surface area contributed by atoms with Crippen molar-refractivity contribution in [1.82, 2.24) is 0 Å². The highest BCUT2D eigenvalue weighted by Crippen LogP contribution is 2.23. The van der Waals surface area contributed by atoms with Crippen LogP contribution >= 0.6 is 11.6 Å². The Labute approximate surface area is 109 Å². The van der Waals surface area contributed by atoms with Crippen LogP contribution in [0.25, 0.3) is 0 Å². The molecule has 0 unspecified atom stereocenters. The summed E-state index contributed by atoms with van der Waals surface area (Å²) in [5.74, 6) is 0.834. The number of ether oxygens (including phenoxy) is 1. The van der Waals surface area contributed by atoms with Crippen LogP contribution in [-0.4, -0.2) is 12.0 Å². The SMILES string of the molecule is N=CC(=O)c1cccc(Oc2ccc(Cl)cc2)c1. The molecule has 0 saturated heterocycles. The maximum absolute atomic E-state index is 11.3. The van der Waals surface area contributed by atoms with Crippen molar-refractivity contribution in [2.24, 2.45) is 0 Å². The quantitative estimate of drug-likeness (QED) is 0.667. The second kappa shape index (κ2) is 5.47. The van der Waals surface area contributed by atoms with E-state index in [0.29, 0.717) is 22.1 Å². The minimum Gasteiger partial charge on any atom is -0.457 e. The number of ketones is 1. The van der Waals surface area contributed by atoms with Crippen molar-refractivity contribution in [2.75, 3.05) is 0 Å². The molecule has 0 aliphatic rings. The van der Waals surface area contributed by atoms with Gasteiger partial charge in [0.25, 0.3) is 0 Å². The molecule has 2 aromatic rings. The predicted molar refractivity (Wildman–Crippen MR) is 71.1 cm³/mol. The molecule has 0 fully saturated rings. The Morgan fingerprint density at radius 3 is 2.50 bits per heavy atom. The fourth-order valence-corrected chi connectivity index (χ4v) is 1.56. The summed E-state index contributed by atoms with van der Waals surface area (Å²) in [6, 6.07) is 13.6. The van der Waals surface area contributed by atoms with Gasteiger partial charge in [0.15, 0.2) is 0 Å². The Balaban J connectivity index is 2.21. The molecule has 0 heterocycles. The second-order valence-corrected chi connectivity index (χ2v) is 4.03. The highest BCUT2D eigenvalue weighted by molar-refractivity contribution is 6.34. The first kappa shape index (κ1) is 12.3. The van der Waals surface area contributed by atoms with E-state index in [1.54, 1.807) is 48.5 Å². The summed E-state index contributed by atoms with van der Waals surface area (Å²) in [6.07, 6.45) is 0.779. The summed E-state index contributed by atoms with van der Waals surface area (Å²) < 4.78 is 5.58. The van der Waals surface area contributed by atoms with Crippen molar-refractivity contribution < 1.29 is 9.53 Å². The molecule has 0 atom stereocenters. The van der Waals surface area contributed by atoms with Gasteiger partial charge in [-0.05, 0) is 36.4 Å². The Hall–Kier alpha value is -2.13. The lowest BCUT2D eigenvalue weighted by Crippen LogP contribution is -1.99. The minimum absolute atomic E-state index is 0.350. The molecule has 4 heteroatoms. The van der Waals surface area contributed by atoms with Crippen LogP contribution in [0.3, 0.4) is 0 Å². The van der Waals surface area contributed by atoms with Crippen molar-refractivity contribution in [3.05, 3.63) is 59.1 Å². The number of carbonyl (C=O) groups is 1. The normalized spacial score (nSPS) is 9.83. The molecule has 0 radical (unpaired) electrons. The van der Waals surface area contributed by atoms with Crippen molar-refractivity contribution in [1.29, 1.82) is 5.41 Å². The summed E-state index contributed by atoms with van der Waals surface area (Å²) in [5.41, 5.74) is 0.427. The van der Waals surface area contributed by atoms with Gasteiger partial charge in [-0.15, -0.1) is 0 Å². The van der Waals surface area contributed by atoms with Gasteiger partial charge in [0.05, 0.1) is 6.21 Å². The molecule has 0 amide bonds. The molecule has 1 N–H and O–H groups in total. The number of nitrogens with one attached hydrogen (secondary N) is 1. The third-order valence-electron chi connectivity index (χ3n) is 2.30. The standard InChI is InChI=1S/C14H10ClNO2/c15-11-4-6-12(7-5-11)18-13-3-1-2-10(8-13)14(17)9-16/h1-9,16H. The number of benzene rings is 2. The zero-order valence-electron chi connectivity index (χ0n) is 9.39. The first-order valence-corrected chi connectivity index (χ1v) is 5.65. The smallest absolute Gasteiger partial charge is 0.203 e. The van der Waals surface area contributed by atoms with Crippen LogP contribution in [0, 0.1) is 5.41 Å². The van der Waals surface area contributed by atoms with E-state index in [2.05, 4.69) is 0 Å². The molecular weight excluding hydrogens is 250 g/mol. The van der Waals surface area contributed by atoms with E-state index in [4.69, 9.17) is 21.7 Å². The molecule has 0 aliphatic heterocycles. The van der Waals surface area contributed by atoms with E-state index in [0.717, 1.165) is 6.21 Å². The van der Waals surface area contributed by atoms with Gasteiger partial charge in [0, 0.05) is 10.6 Å². The van der Waals surface area contributed by atoms with Gasteiger partial charge in [-0.2, -0.15) is 0 Å². The molecule has 0 saturated carbocycles. The van der Waals surface area contributed by atoms with Crippen molar-refractivity contribution >= 4 is 23.6 Å². The fourth-order valence-electron chi connectivity index (χ4n) is 1.43. The van der Waals surface area contributed by atoms with E-state index in [1.165, 1.54) is 0 Å². The zero-order chi connectivity index (χ0) is 13.0. The third-order valence-corrected chi connectivity index (χ3v) is 2.55. The first-order valence-electron chi connectivity index (χ1n) is 5.27. The van der Waals surface area contributed by atoms with Crippen molar-refractivity contribution in [3.8, 4) is 11.5 Å². The van der Waals surface area contributed by atoms with Crippen molar-refractivity contribution in [3.63, 3.8) is 0 Å². The number of hydrogen-bond acceptors (Lipinski definition) is 3. The Bertz CT molecular complexity index is 579. The Kier molecular flexibility index (Phi) is 3.75. The maximum atomic E-state index is 11.3. The molecule has 3 nitrogen and oxygen atoms in total. The molecule has 0 aliphatic carbocycles. The van der Waals surface area contributed by atoms with Gasteiger partial charge in [0.2, 0.25) is 5.78 Å². The lowest BCUT2D eigenvalue weighted by molar-refractivity contribution is 0.107. The first-order chi connectivity index (χ1) is 8.69.